The second-order valence-electron chi connectivity index (χ2n) is 3.36. The summed E-state index contributed by atoms with van der Waals surface area (Å²) in [6.07, 6.45) is 0. The molecule has 2 atom stereocenters. The van der Waals surface area contributed by atoms with Crippen LogP contribution in [0.1, 0.15) is 25.5 Å². The van der Waals surface area contributed by atoms with Gasteiger partial charge >= 0.3 is 6.03 Å². The third kappa shape index (κ3) is 3.83. The van der Waals surface area contributed by atoms with Gasteiger partial charge in [0.05, 0.1) is 6.04 Å². The molecule has 0 saturated carbocycles. The Hall–Kier alpha value is -1.07. The molecule has 1 heterocycles. The first-order valence-electron chi connectivity index (χ1n) is 4.78. The molecule has 1 aromatic heterocycles. The van der Waals surface area contributed by atoms with E-state index < -0.39 is 17.3 Å². The maximum atomic E-state index is 11.4. The summed E-state index contributed by atoms with van der Waals surface area (Å²) in [6.45, 7) is 3.35. The molecule has 0 aromatic carbocycles. The number of rotatable bonds is 3. The van der Waals surface area contributed by atoms with Crippen molar-refractivity contribution in [2.24, 2.45) is 0 Å². The minimum atomic E-state index is -0.720. The van der Waals surface area contributed by atoms with Crippen LogP contribution in [0.25, 0.3) is 0 Å². The van der Waals surface area contributed by atoms with E-state index in [4.69, 9.17) is 11.6 Å². The first-order valence-corrected chi connectivity index (χ1v) is 6.16. The van der Waals surface area contributed by atoms with E-state index in [1.54, 1.807) is 11.3 Å². The maximum absolute atomic E-state index is 11.4. The van der Waals surface area contributed by atoms with Gasteiger partial charge in [-0.1, -0.05) is 0 Å². The summed E-state index contributed by atoms with van der Waals surface area (Å²) < 4.78 is 0. The van der Waals surface area contributed by atoms with Crippen LogP contribution in [0.3, 0.4) is 0 Å². The Morgan fingerprint density at radius 2 is 2.12 bits per heavy atom. The highest BCUT2D eigenvalue weighted by Gasteiger charge is 2.15. The lowest BCUT2D eigenvalue weighted by molar-refractivity contribution is -0.119. The van der Waals surface area contributed by atoms with Crippen LogP contribution in [-0.2, 0) is 4.79 Å². The summed E-state index contributed by atoms with van der Waals surface area (Å²) in [5.41, 5.74) is 1.01. The van der Waals surface area contributed by atoms with E-state index in [2.05, 4.69) is 10.6 Å². The van der Waals surface area contributed by atoms with E-state index in [0.29, 0.717) is 0 Å². The Morgan fingerprint density at radius 3 is 2.62 bits per heavy atom. The van der Waals surface area contributed by atoms with Crippen LogP contribution in [0.15, 0.2) is 16.8 Å². The predicted molar refractivity (Wildman–Crippen MR) is 64.7 cm³/mol. The molecule has 88 valence electrons. The molecule has 0 aliphatic heterocycles. The quantitative estimate of drug-likeness (QED) is 0.819. The van der Waals surface area contributed by atoms with Crippen molar-refractivity contribution >= 4 is 34.9 Å². The zero-order valence-electron chi connectivity index (χ0n) is 8.99. The molecule has 1 rings (SSSR count). The number of amides is 3. The molecule has 4 nitrogen and oxygen atoms in total. The Labute approximate surface area is 103 Å². The highest BCUT2D eigenvalue weighted by Crippen LogP contribution is 2.15. The van der Waals surface area contributed by atoms with Gasteiger partial charge in [-0.25, -0.2) is 4.79 Å². The number of thiophene rings is 1. The number of carbonyl (C=O) groups excluding carboxylic acids is 2. The summed E-state index contributed by atoms with van der Waals surface area (Å²) in [6, 6.07) is 1.25. The highest BCUT2D eigenvalue weighted by molar-refractivity contribution is 7.07. The lowest BCUT2D eigenvalue weighted by atomic mass is 10.2. The van der Waals surface area contributed by atoms with Gasteiger partial charge in [0.25, 0.3) is 0 Å². The number of alkyl halides is 1. The van der Waals surface area contributed by atoms with E-state index in [0.717, 1.165) is 5.56 Å². The number of halogens is 1. The second kappa shape index (κ2) is 5.86. The maximum Gasteiger partial charge on any atom is 0.321 e. The summed E-state index contributed by atoms with van der Waals surface area (Å²) in [5.74, 6) is -0.503. The average Bonchev–Trinajstić information content (AvgIpc) is 2.69. The van der Waals surface area contributed by atoms with Gasteiger partial charge in [-0.05, 0) is 36.2 Å². The highest BCUT2D eigenvalue weighted by atomic mass is 35.5. The van der Waals surface area contributed by atoms with Crippen LogP contribution in [-0.4, -0.2) is 17.3 Å². The average molecular weight is 261 g/mol. The molecular formula is C10H13ClN2O2S. The first-order chi connectivity index (χ1) is 7.50. The summed E-state index contributed by atoms with van der Waals surface area (Å²) in [7, 11) is 0. The van der Waals surface area contributed by atoms with Crippen LogP contribution in [0.4, 0.5) is 4.79 Å². The van der Waals surface area contributed by atoms with E-state index in [1.807, 2.05) is 23.8 Å². The third-order valence-electron chi connectivity index (χ3n) is 1.99. The lowest BCUT2D eigenvalue weighted by Crippen LogP contribution is -2.43. The van der Waals surface area contributed by atoms with Gasteiger partial charge in [-0.3, -0.25) is 10.1 Å². The fourth-order valence-corrected chi connectivity index (χ4v) is 1.86. The SMILES string of the molecule is CC(Cl)C(=O)NC(=O)NC(C)c1ccsc1. The number of hydrogen-bond acceptors (Lipinski definition) is 3. The Balaban J connectivity index is 2.43. The molecule has 0 bridgehead atoms. The first kappa shape index (κ1) is 13.0. The zero-order chi connectivity index (χ0) is 12.1. The molecule has 3 amide bonds. The second-order valence-corrected chi connectivity index (χ2v) is 4.79. The molecule has 2 unspecified atom stereocenters. The van der Waals surface area contributed by atoms with Crippen molar-refractivity contribution in [1.29, 1.82) is 0 Å². The molecule has 0 aliphatic carbocycles. The van der Waals surface area contributed by atoms with Gasteiger partial charge in [0.15, 0.2) is 0 Å². The normalized spacial score (nSPS) is 13.9. The van der Waals surface area contributed by atoms with Crippen LogP contribution in [0, 0.1) is 0 Å². The lowest BCUT2D eigenvalue weighted by Gasteiger charge is -2.13. The molecule has 0 radical (unpaired) electrons. The largest absolute Gasteiger partial charge is 0.331 e. The molecular weight excluding hydrogens is 248 g/mol. The Morgan fingerprint density at radius 1 is 1.44 bits per heavy atom. The smallest absolute Gasteiger partial charge is 0.321 e. The van der Waals surface area contributed by atoms with Crippen LogP contribution >= 0.6 is 22.9 Å². The molecule has 0 fully saturated rings. The van der Waals surface area contributed by atoms with Gasteiger partial charge in [-0.2, -0.15) is 11.3 Å². The fraction of sp³-hybridized carbons (Fsp3) is 0.400. The van der Waals surface area contributed by atoms with E-state index in [9.17, 15) is 9.59 Å². The summed E-state index contributed by atoms with van der Waals surface area (Å²) >= 11 is 7.07. The molecule has 2 N–H and O–H groups in total. The molecule has 1 aromatic rings. The summed E-state index contributed by atoms with van der Waals surface area (Å²) in [5, 5.41) is 7.95. The number of urea groups is 1. The van der Waals surface area contributed by atoms with Gasteiger partial charge in [0.2, 0.25) is 5.91 Å². The van der Waals surface area contributed by atoms with Crippen LogP contribution < -0.4 is 10.6 Å². The zero-order valence-corrected chi connectivity index (χ0v) is 10.6. The van der Waals surface area contributed by atoms with Gasteiger partial charge in [0, 0.05) is 0 Å². The van der Waals surface area contributed by atoms with Crippen molar-refractivity contribution in [2.45, 2.75) is 25.3 Å². The molecule has 0 saturated heterocycles. The number of hydrogen-bond donors (Lipinski definition) is 2. The molecule has 0 aliphatic rings. The van der Waals surface area contributed by atoms with E-state index in [-0.39, 0.29) is 6.04 Å². The van der Waals surface area contributed by atoms with Crippen molar-refractivity contribution in [3.63, 3.8) is 0 Å². The number of imide groups is 1. The van der Waals surface area contributed by atoms with Crippen molar-refractivity contribution in [3.05, 3.63) is 22.4 Å². The molecule has 0 spiro atoms. The van der Waals surface area contributed by atoms with Crippen molar-refractivity contribution in [3.8, 4) is 0 Å². The van der Waals surface area contributed by atoms with E-state index in [1.165, 1.54) is 6.92 Å². The predicted octanol–water partition coefficient (Wildman–Crippen LogP) is 2.26. The van der Waals surface area contributed by atoms with Crippen LogP contribution in [0.2, 0.25) is 0 Å². The van der Waals surface area contributed by atoms with Crippen molar-refractivity contribution in [2.75, 3.05) is 0 Å². The Kier molecular flexibility index (Phi) is 4.76. The van der Waals surface area contributed by atoms with Gasteiger partial charge in [0.1, 0.15) is 5.38 Å². The van der Waals surface area contributed by atoms with Gasteiger partial charge < -0.3 is 5.32 Å². The molecule has 6 heteroatoms. The number of carbonyl (C=O) groups is 2. The monoisotopic (exact) mass is 260 g/mol. The molecule has 16 heavy (non-hydrogen) atoms. The van der Waals surface area contributed by atoms with E-state index >= 15 is 0 Å². The summed E-state index contributed by atoms with van der Waals surface area (Å²) in [4.78, 5) is 22.5. The van der Waals surface area contributed by atoms with Crippen molar-refractivity contribution in [1.82, 2.24) is 10.6 Å². The topological polar surface area (TPSA) is 58.2 Å². The van der Waals surface area contributed by atoms with Crippen LogP contribution in [0.5, 0.6) is 0 Å². The number of nitrogens with one attached hydrogen (secondary N) is 2. The fourth-order valence-electron chi connectivity index (χ4n) is 1.05. The van der Waals surface area contributed by atoms with Crippen molar-refractivity contribution < 1.29 is 9.59 Å². The Bertz CT molecular complexity index is 365. The third-order valence-corrected chi connectivity index (χ3v) is 2.89. The minimum absolute atomic E-state index is 0.135. The van der Waals surface area contributed by atoms with Gasteiger partial charge in [-0.15, -0.1) is 11.6 Å². The standard InChI is InChI=1S/C10H13ClN2O2S/c1-6(11)9(14)13-10(15)12-7(2)8-3-4-16-5-8/h3-7H,1-2H3,(H2,12,13,14,15). The minimum Gasteiger partial charge on any atom is -0.331 e.